The summed E-state index contributed by atoms with van der Waals surface area (Å²) in [5.41, 5.74) is 2.06. The van der Waals surface area contributed by atoms with E-state index in [1.165, 1.54) is 11.3 Å². The molecule has 0 unspecified atom stereocenters. The number of aromatic nitrogens is 3. The number of benzene rings is 2. The number of hydrogen-bond donors (Lipinski definition) is 1. The van der Waals surface area contributed by atoms with Gasteiger partial charge >= 0.3 is 0 Å². The monoisotopic (exact) mass is 398 g/mol. The van der Waals surface area contributed by atoms with E-state index in [0.29, 0.717) is 21.5 Å². The van der Waals surface area contributed by atoms with Gasteiger partial charge in [0.25, 0.3) is 5.91 Å². The van der Waals surface area contributed by atoms with E-state index < -0.39 is 0 Å². The first-order valence-corrected chi connectivity index (χ1v) is 9.31. The number of fused-ring (bicyclic) bond motifs is 1. The maximum Gasteiger partial charge on any atom is 0.256 e. The normalized spacial score (nSPS) is 10.9. The largest absolute Gasteiger partial charge is 0.497 e. The quantitative estimate of drug-likeness (QED) is 0.540. The maximum absolute atomic E-state index is 12.6. The van der Waals surface area contributed by atoms with Crippen LogP contribution in [0.2, 0.25) is 5.02 Å². The molecule has 136 valence electrons. The minimum Gasteiger partial charge on any atom is -0.497 e. The molecule has 2 aromatic heterocycles. The van der Waals surface area contributed by atoms with Crippen molar-refractivity contribution in [3.8, 4) is 10.9 Å². The van der Waals surface area contributed by atoms with Crippen molar-refractivity contribution >= 4 is 44.9 Å². The number of rotatable bonds is 4. The Balaban J connectivity index is 1.70. The molecule has 0 bridgehead atoms. The van der Waals surface area contributed by atoms with Crippen LogP contribution in [0, 0.1) is 6.92 Å². The molecule has 0 aliphatic carbocycles. The van der Waals surface area contributed by atoms with Gasteiger partial charge in [0.2, 0.25) is 5.13 Å². The van der Waals surface area contributed by atoms with Crippen molar-refractivity contribution in [3.05, 3.63) is 64.8 Å². The van der Waals surface area contributed by atoms with Gasteiger partial charge in [-0.05, 0) is 37.3 Å². The topological polar surface area (TPSA) is 69.0 Å². The minimum atomic E-state index is -0.263. The number of carbonyl (C=O) groups is 1. The molecule has 0 atom stereocenters. The molecule has 0 aliphatic heterocycles. The Labute approximate surface area is 164 Å². The summed E-state index contributed by atoms with van der Waals surface area (Å²) in [6.07, 6.45) is 0. The number of amides is 1. The van der Waals surface area contributed by atoms with Crippen LogP contribution in [0.25, 0.3) is 15.3 Å². The van der Waals surface area contributed by atoms with Crippen molar-refractivity contribution in [1.82, 2.24) is 14.8 Å². The average molecular weight is 399 g/mol. The van der Waals surface area contributed by atoms with Crippen molar-refractivity contribution in [1.29, 1.82) is 0 Å². The van der Waals surface area contributed by atoms with Gasteiger partial charge in [0.1, 0.15) is 11.6 Å². The van der Waals surface area contributed by atoms with E-state index in [1.807, 2.05) is 25.1 Å². The number of anilines is 1. The molecular weight excluding hydrogens is 384 g/mol. The Hall–Kier alpha value is -2.90. The molecule has 27 heavy (non-hydrogen) atoms. The second-order valence-corrected chi connectivity index (χ2v) is 7.32. The summed E-state index contributed by atoms with van der Waals surface area (Å²) in [7, 11) is 1.62. The molecule has 1 amide bonds. The number of nitrogens with zero attached hydrogens (tertiary/aromatic N) is 3. The number of halogens is 1. The van der Waals surface area contributed by atoms with Crippen LogP contribution in [0.5, 0.6) is 5.75 Å². The first-order valence-electron chi connectivity index (χ1n) is 8.12. The molecule has 0 aliphatic rings. The summed E-state index contributed by atoms with van der Waals surface area (Å²) in [6, 6.07) is 14.3. The zero-order chi connectivity index (χ0) is 19.0. The van der Waals surface area contributed by atoms with Crippen LogP contribution in [-0.2, 0) is 0 Å². The smallest absolute Gasteiger partial charge is 0.256 e. The van der Waals surface area contributed by atoms with Gasteiger partial charge in [-0.25, -0.2) is 4.98 Å². The van der Waals surface area contributed by atoms with Crippen LogP contribution in [0.1, 0.15) is 16.1 Å². The van der Waals surface area contributed by atoms with Gasteiger partial charge in [-0.2, -0.15) is 9.78 Å². The van der Waals surface area contributed by atoms with Crippen LogP contribution in [-0.4, -0.2) is 27.8 Å². The van der Waals surface area contributed by atoms with E-state index in [4.69, 9.17) is 16.3 Å². The van der Waals surface area contributed by atoms with Crippen molar-refractivity contribution < 1.29 is 9.53 Å². The van der Waals surface area contributed by atoms with Crippen LogP contribution in [0.3, 0.4) is 0 Å². The van der Waals surface area contributed by atoms with Crippen molar-refractivity contribution in [2.24, 2.45) is 0 Å². The van der Waals surface area contributed by atoms with Crippen LogP contribution in [0.15, 0.2) is 48.5 Å². The number of hydrogen-bond acceptors (Lipinski definition) is 5. The molecule has 6 nitrogen and oxygen atoms in total. The summed E-state index contributed by atoms with van der Waals surface area (Å²) in [5, 5.41) is 8.53. The molecule has 4 rings (SSSR count). The Morgan fingerprint density at radius 2 is 2.07 bits per heavy atom. The molecule has 0 radical (unpaired) electrons. The predicted molar refractivity (Wildman–Crippen MR) is 107 cm³/mol. The van der Waals surface area contributed by atoms with E-state index in [0.717, 1.165) is 21.7 Å². The summed E-state index contributed by atoms with van der Waals surface area (Å²) in [6.45, 7) is 1.86. The highest BCUT2D eigenvalue weighted by molar-refractivity contribution is 7.20. The molecule has 1 N–H and O–H groups in total. The Kier molecular flexibility index (Phi) is 4.55. The number of aryl methyl sites for hydroxylation is 1. The third-order valence-corrected chi connectivity index (χ3v) is 5.17. The number of nitrogens with one attached hydrogen (secondary N) is 1. The molecule has 2 aromatic carbocycles. The molecule has 0 saturated carbocycles. The first-order chi connectivity index (χ1) is 13.0. The maximum atomic E-state index is 12.6. The van der Waals surface area contributed by atoms with Gasteiger partial charge in [0.05, 0.1) is 23.0 Å². The Bertz CT molecular complexity index is 1150. The SMILES string of the molecule is COc1ccc2sc(-n3nc(C)cc3NC(=O)c3cccc(Cl)c3)nc2c1. The van der Waals surface area contributed by atoms with E-state index in [2.05, 4.69) is 15.4 Å². The lowest BCUT2D eigenvalue weighted by Gasteiger charge is -2.06. The fourth-order valence-corrected chi connectivity index (χ4v) is 3.77. The van der Waals surface area contributed by atoms with Gasteiger partial charge < -0.3 is 10.1 Å². The average Bonchev–Trinajstić information content (AvgIpc) is 3.23. The zero-order valence-corrected chi connectivity index (χ0v) is 16.1. The van der Waals surface area contributed by atoms with E-state index in [9.17, 15) is 4.79 Å². The summed E-state index contributed by atoms with van der Waals surface area (Å²) < 4.78 is 7.89. The van der Waals surface area contributed by atoms with Crippen molar-refractivity contribution in [2.45, 2.75) is 6.92 Å². The second-order valence-electron chi connectivity index (χ2n) is 5.88. The molecule has 2 heterocycles. The number of methoxy groups -OCH3 is 1. The number of thiazole rings is 1. The molecule has 0 spiro atoms. The Morgan fingerprint density at radius 3 is 2.85 bits per heavy atom. The highest BCUT2D eigenvalue weighted by Crippen LogP contribution is 2.29. The molecule has 8 heteroatoms. The summed E-state index contributed by atoms with van der Waals surface area (Å²) in [5.74, 6) is 1.02. The third-order valence-electron chi connectivity index (χ3n) is 3.92. The highest BCUT2D eigenvalue weighted by atomic mass is 35.5. The standard InChI is InChI=1S/C19H15ClN4O2S/c1-11-8-17(22-18(25)12-4-3-5-13(20)9-12)24(23-11)19-21-15-10-14(26-2)6-7-16(15)27-19/h3-10H,1-2H3,(H,22,25). The number of ether oxygens (including phenoxy) is 1. The summed E-state index contributed by atoms with van der Waals surface area (Å²) >= 11 is 7.46. The second kappa shape index (κ2) is 7.02. The van der Waals surface area contributed by atoms with E-state index >= 15 is 0 Å². The van der Waals surface area contributed by atoms with Gasteiger partial charge in [-0.15, -0.1) is 0 Å². The van der Waals surface area contributed by atoms with Crippen LogP contribution >= 0.6 is 22.9 Å². The highest BCUT2D eigenvalue weighted by Gasteiger charge is 2.16. The van der Waals surface area contributed by atoms with Gasteiger partial charge in [0, 0.05) is 22.7 Å². The van der Waals surface area contributed by atoms with Crippen LogP contribution < -0.4 is 10.1 Å². The van der Waals surface area contributed by atoms with Gasteiger partial charge in [-0.1, -0.05) is 29.0 Å². The van der Waals surface area contributed by atoms with Gasteiger partial charge in [-0.3, -0.25) is 4.79 Å². The third kappa shape index (κ3) is 3.51. The first kappa shape index (κ1) is 17.5. The van der Waals surface area contributed by atoms with Crippen molar-refractivity contribution in [2.75, 3.05) is 12.4 Å². The molecule has 4 aromatic rings. The van der Waals surface area contributed by atoms with E-state index in [-0.39, 0.29) is 5.91 Å². The lowest BCUT2D eigenvalue weighted by atomic mass is 10.2. The fourth-order valence-electron chi connectivity index (χ4n) is 2.67. The zero-order valence-electron chi connectivity index (χ0n) is 14.6. The predicted octanol–water partition coefficient (Wildman–Crippen LogP) is 4.70. The van der Waals surface area contributed by atoms with Gasteiger partial charge in [0.15, 0.2) is 0 Å². The molecule has 0 saturated heterocycles. The van der Waals surface area contributed by atoms with Crippen LogP contribution in [0.4, 0.5) is 5.82 Å². The molecular formula is C19H15ClN4O2S. The Morgan fingerprint density at radius 1 is 1.22 bits per heavy atom. The number of carbonyl (C=O) groups excluding carboxylic acids is 1. The molecule has 0 fully saturated rings. The fraction of sp³-hybridized carbons (Fsp3) is 0.105. The van der Waals surface area contributed by atoms with E-state index in [1.54, 1.807) is 42.1 Å². The summed E-state index contributed by atoms with van der Waals surface area (Å²) in [4.78, 5) is 17.2. The lowest BCUT2D eigenvalue weighted by molar-refractivity contribution is 0.102. The van der Waals surface area contributed by atoms with Crippen molar-refractivity contribution in [3.63, 3.8) is 0 Å². The lowest BCUT2D eigenvalue weighted by Crippen LogP contribution is -2.15. The minimum absolute atomic E-state index is 0.263.